The average molecular weight is 313 g/mol. The number of hydrogen-bond donors (Lipinski definition) is 2. The maximum atomic E-state index is 12.5. The highest BCUT2D eigenvalue weighted by atomic mass is 16.5. The van der Waals surface area contributed by atoms with Gasteiger partial charge in [0.15, 0.2) is 0 Å². The molecule has 2 unspecified atom stereocenters. The van der Waals surface area contributed by atoms with Gasteiger partial charge >= 0.3 is 5.97 Å². The summed E-state index contributed by atoms with van der Waals surface area (Å²) in [6, 6.07) is 0. The van der Waals surface area contributed by atoms with Crippen LogP contribution in [0, 0.1) is 0 Å². The van der Waals surface area contributed by atoms with Gasteiger partial charge in [0, 0.05) is 6.61 Å². The molecule has 1 heterocycles. The Balaban J connectivity index is 1.93. The van der Waals surface area contributed by atoms with Crippen LogP contribution in [0.2, 0.25) is 0 Å². The van der Waals surface area contributed by atoms with Gasteiger partial charge in [-0.15, -0.1) is 0 Å². The maximum absolute atomic E-state index is 12.5. The number of carboxylic acid groups (broad SMARTS) is 1. The molecule has 2 fully saturated rings. The summed E-state index contributed by atoms with van der Waals surface area (Å²) in [5, 5.41) is 12.0. The van der Waals surface area contributed by atoms with Crippen LogP contribution in [0.3, 0.4) is 0 Å². The molecule has 0 aromatic rings. The molecule has 1 amide bonds. The maximum Gasteiger partial charge on any atom is 0.305 e. The van der Waals surface area contributed by atoms with Gasteiger partial charge in [-0.3, -0.25) is 9.59 Å². The van der Waals surface area contributed by atoms with Gasteiger partial charge in [0.25, 0.3) is 0 Å². The van der Waals surface area contributed by atoms with Crippen molar-refractivity contribution in [3.8, 4) is 0 Å². The van der Waals surface area contributed by atoms with E-state index in [0.29, 0.717) is 19.4 Å². The monoisotopic (exact) mass is 313 g/mol. The van der Waals surface area contributed by atoms with Gasteiger partial charge in [-0.2, -0.15) is 0 Å². The van der Waals surface area contributed by atoms with Crippen LogP contribution in [0.1, 0.15) is 58.3 Å². The van der Waals surface area contributed by atoms with E-state index < -0.39 is 17.6 Å². The van der Waals surface area contributed by atoms with Gasteiger partial charge in [-0.25, -0.2) is 0 Å². The number of hydrogen-bond acceptors (Lipinski definition) is 4. The molecule has 1 aliphatic carbocycles. The predicted octanol–water partition coefficient (Wildman–Crippen LogP) is 1.86. The van der Waals surface area contributed by atoms with Crippen molar-refractivity contribution in [2.24, 2.45) is 0 Å². The van der Waals surface area contributed by atoms with Gasteiger partial charge < -0.3 is 19.9 Å². The smallest absolute Gasteiger partial charge is 0.305 e. The lowest BCUT2D eigenvalue weighted by Gasteiger charge is -2.31. The molecule has 22 heavy (non-hydrogen) atoms. The van der Waals surface area contributed by atoms with E-state index in [-0.39, 0.29) is 25.0 Å². The molecule has 6 heteroatoms. The zero-order chi connectivity index (χ0) is 16.0. The van der Waals surface area contributed by atoms with E-state index in [9.17, 15) is 9.59 Å². The minimum atomic E-state index is -0.924. The largest absolute Gasteiger partial charge is 0.481 e. The van der Waals surface area contributed by atoms with Gasteiger partial charge in [0.2, 0.25) is 5.91 Å². The molecular weight excluding hydrogens is 286 g/mol. The third-order valence-corrected chi connectivity index (χ3v) is 4.55. The Hall–Kier alpha value is -1.14. The first kappa shape index (κ1) is 17.2. The van der Waals surface area contributed by atoms with Gasteiger partial charge in [-0.1, -0.05) is 26.2 Å². The minimum Gasteiger partial charge on any atom is -0.481 e. The fraction of sp³-hybridized carbons (Fsp3) is 0.875. The highest BCUT2D eigenvalue weighted by Gasteiger charge is 2.40. The van der Waals surface area contributed by atoms with Crippen molar-refractivity contribution in [1.82, 2.24) is 5.32 Å². The van der Waals surface area contributed by atoms with E-state index in [1.54, 1.807) is 0 Å². The summed E-state index contributed by atoms with van der Waals surface area (Å²) in [5.74, 6) is -1.13. The van der Waals surface area contributed by atoms with Crippen molar-refractivity contribution in [3.63, 3.8) is 0 Å². The molecule has 6 nitrogen and oxygen atoms in total. The number of rotatable bonds is 7. The van der Waals surface area contributed by atoms with Crippen LogP contribution in [-0.4, -0.2) is 47.9 Å². The molecule has 2 rings (SSSR count). The molecule has 0 aromatic heterocycles. The number of ether oxygens (including phenoxy) is 2. The molecule has 126 valence electrons. The fourth-order valence-electron chi connectivity index (χ4n) is 3.30. The number of carboxylic acids is 1. The van der Waals surface area contributed by atoms with Gasteiger partial charge in [0.1, 0.15) is 6.10 Å². The second-order valence-electron chi connectivity index (χ2n) is 6.44. The van der Waals surface area contributed by atoms with E-state index in [1.165, 1.54) is 6.42 Å². The lowest BCUT2D eigenvalue weighted by molar-refractivity contribution is -0.143. The van der Waals surface area contributed by atoms with Crippen molar-refractivity contribution in [3.05, 3.63) is 0 Å². The summed E-state index contributed by atoms with van der Waals surface area (Å²) in [7, 11) is 0. The summed E-state index contributed by atoms with van der Waals surface area (Å²) in [6.45, 7) is 2.65. The quantitative estimate of drug-likeness (QED) is 0.749. The molecule has 2 aliphatic rings. The van der Waals surface area contributed by atoms with Crippen LogP contribution >= 0.6 is 0 Å². The van der Waals surface area contributed by atoms with Crippen molar-refractivity contribution in [2.45, 2.75) is 76.0 Å². The first-order valence-corrected chi connectivity index (χ1v) is 8.32. The van der Waals surface area contributed by atoms with E-state index in [4.69, 9.17) is 14.6 Å². The van der Waals surface area contributed by atoms with E-state index in [0.717, 1.165) is 25.7 Å². The van der Waals surface area contributed by atoms with Crippen LogP contribution < -0.4 is 5.32 Å². The van der Waals surface area contributed by atoms with Gasteiger partial charge in [0.05, 0.1) is 24.7 Å². The normalized spacial score (nSPS) is 27.5. The van der Waals surface area contributed by atoms with Crippen LogP contribution in [0.15, 0.2) is 0 Å². The topological polar surface area (TPSA) is 84.9 Å². The molecule has 0 aromatic carbocycles. The third kappa shape index (κ3) is 4.68. The van der Waals surface area contributed by atoms with Crippen LogP contribution in [0.4, 0.5) is 0 Å². The zero-order valence-electron chi connectivity index (χ0n) is 13.3. The molecule has 1 aliphatic heterocycles. The first-order valence-electron chi connectivity index (χ1n) is 8.32. The van der Waals surface area contributed by atoms with Crippen molar-refractivity contribution >= 4 is 11.9 Å². The Morgan fingerprint density at radius 1 is 1.36 bits per heavy atom. The molecular formula is C16H27NO5. The molecule has 0 radical (unpaired) electrons. The van der Waals surface area contributed by atoms with Crippen molar-refractivity contribution in [1.29, 1.82) is 0 Å². The Labute approximate surface area is 131 Å². The molecule has 2 N–H and O–H groups in total. The number of carbonyl (C=O) groups excluding carboxylic acids is 1. The third-order valence-electron chi connectivity index (χ3n) is 4.55. The molecule has 1 saturated heterocycles. The second kappa shape index (κ2) is 7.92. The van der Waals surface area contributed by atoms with Crippen LogP contribution in [0.5, 0.6) is 0 Å². The Bertz CT molecular complexity index is 386. The highest BCUT2D eigenvalue weighted by molar-refractivity contribution is 5.82. The summed E-state index contributed by atoms with van der Waals surface area (Å²) in [4.78, 5) is 23.6. The lowest BCUT2D eigenvalue weighted by Crippen LogP contribution is -2.54. The highest BCUT2D eigenvalue weighted by Crippen LogP contribution is 2.25. The molecule has 0 spiro atoms. The molecule has 0 bridgehead atoms. The van der Waals surface area contributed by atoms with E-state index in [1.807, 2.05) is 6.92 Å². The van der Waals surface area contributed by atoms with E-state index >= 15 is 0 Å². The zero-order valence-corrected chi connectivity index (χ0v) is 13.3. The standard InChI is InChI=1S/C16H27NO5/c1-2-13(22-12-6-4-3-5-7-12)15(20)17-16(10-14(18)19)8-9-21-11-16/h12-13H,2-11H2,1H3,(H,17,20)(H,18,19). The summed E-state index contributed by atoms with van der Waals surface area (Å²) in [5.41, 5.74) is -0.785. The van der Waals surface area contributed by atoms with Crippen LogP contribution in [0.25, 0.3) is 0 Å². The summed E-state index contributed by atoms with van der Waals surface area (Å²) >= 11 is 0. The lowest BCUT2D eigenvalue weighted by atomic mass is 9.93. The summed E-state index contributed by atoms with van der Waals surface area (Å²) < 4.78 is 11.3. The number of nitrogens with one attached hydrogen (secondary N) is 1. The average Bonchev–Trinajstić information content (AvgIpc) is 2.92. The van der Waals surface area contributed by atoms with Gasteiger partial charge in [-0.05, 0) is 25.7 Å². The fourth-order valence-corrected chi connectivity index (χ4v) is 3.30. The van der Waals surface area contributed by atoms with Crippen molar-refractivity contribution in [2.75, 3.05) is 13.2 Å². The number of aliphatic carboxylic acids is 1. The Kier molecular flexibility index (Phi) is 6.20. The second-order valence-corrected chi connectivity index (χ2v) is 6.44. The first-order chi connectivity index (χ1) is 10.5. The molecule has 1 saturated carbocycles. The Morgan fingerprint density at radius 2 is 2.09 bits per heavy atom. The van der Waals surface area contributed by atoms with E-state index in [2.05, 4.69) is 5.32 Å². The van der Waals surface area contributed by atoms with Crippen molar-refractivity contribution < 1.29 is 24.2 Å². The SMILES string of the molecule is CCC(OC1CCCCC1)C(=O)NC1(CC(=O)O)CCOC1. The van der Waals surface area contributed by atoms with Crippen LogP contribution in [-0.2, 0) is 19.1 Å². The Morgan fingerprint density at radius 3 is 2.64 bits per heavy atom. The minimum absolute atomic E-state index is 0.112. The molecule has 2 atom stereocenters. The predicted molar refractivity (Wildman–Crippen MR) is 80.6 cm³/mol. The number of amides is 1. The number of carbonyl (C=O) groups is 2. The summed E-state index contributed by atoms with van der Waals surface area (Å²) in [6.07, 6.45) is 6.21.